The molecule has 43 heteroatoms. The van der Waals surface area contributed by atoms with Crippen LogP contribution in [-0.2, 0) is 90.6 Å². The molecule has 0 radical (unpaired) electrons. The zero-order valence-corrected chi connectivity index (χ0v) is 68.7. The molecule has 0 saturated carbocycles. The second kappa shape index (κ2) is 64.2. The van der Waals surface area contributed by atoms with Crippen LogP contribution in [0.3, 0.4) is 0 Å². The summed E-state index contributed by atoms with van der Waals surface area (Å²) in [5, 5.41) is 149. The Morgan fingerprint density at radius 3 is 1.06 bits per heavy atom. The van der Waals surface area contributed by atoms with Crippen molar-refractivity contribution in [1.29, 1.82) is 0 Å². The highest BCUT2D eigenvalue weighted by molar-refractivity contribution is 5.92. The summed E-state index contributed by atoms with van der Waals surface area (Å²) in [5.41, 5.74) is 5.71. The number of hydrogen-bond acceptors (Lipinski definition) is 32. The third-order valence-corrected chi connectivity index (χ3v) is 18.3. The fraction of sp³-hybridized carbons (Fsp3) is 0.851. The van der Waals surface area contributed by atoms with Gasteiger partial charge in [0.1, 0.15) is 78.9 Å². The summed E-state index contributed by atoms with van der Waals surface area (Å²) in [4.78, 5) is 142. The van der Waals surface area contributed by atoms with Crippen LogP contribution in [0, 0.1) is 0 Å². The molecule has 680 valence electrons. The van der Waals surface area contributed by atoms with Crippen molar-refractivity contribution < 1.29 is 152 Å². The van der Waals surface area contributed by atoms with Gasteiger partial charge in [0, 0.05) is 99.4 Å². The van der Waals surface area contributed by atoms with Gasteiger partial charge in [-0.2, -0.15) is 0 Å². The first-order chi connectivity index (χ1) is 55.7. The molecule has 0 aromatic rings. The van der Waals surface area contributed by atoms with E-state index < -0.39 is 222 Å². The van der Waals surface area contributed by atoms with Crippen LogP contribution in [0.15, 0.2) is 0 Å². The van der Waals surface area contributed by atoms with E-state index in [9.17, 15) is 114 Å². The Morgan fingerprint density at radius 2 is 0.726 bits per heavy atom. The molecule has 0 aliphatic carbocycles. The van der Waals surface area contributed by atoms with Crippen LogP contribution >= 0.6 is 0 Å². The van der Waals surface area contributed by atoms with Gasteiger partial charge in [0.05, 0.1) is 71.2 Å². The maximum atomic E-state index is 14.3. The Kier molecular flexibility index (Phi) is 59.5. The van der Waals surface area contributed by atoms with Crippen molar-refractivity contribution in [3.63, 3.8) is 0 Å². The predicted octanol–water partition coefficient (Wildman–Crippen LogP) is -7.23. The number of ether oxygens (including phenoxy) is 8. The summed E-state index contributed by atoms with van der Waals surface area (Å²) < 4.78 is 45.7. The molecular weight excluding hydrogens is 1550 g/mol. The number of amides is 11. The minimum atomic E-state index is -1.55. The van der Waals surface area contributed by atoms with Gasteiger partial charge >= 0.3 is 0 Å². The molecule has 14 unspecified atom stereocenters. The topological polar surface area (TPSA) is 663 Å². The normalized spacial score (nSPS) is 19.3. The molecule has 1 saturated heterocycles. The summed E-state index contributed by atoms with van der Waals surface area (Å²) in [7, 11) is 0. The molecule has 11 amide bonds. The van der Waals surface area contributed by atoms with Gasteiger partial charge in [-0.25, -0.2) is 0 Å². The third-order valence-electron chi connectivity index (χ3n) is 18.3. The zero-order chi connectivity index (χ0) is 87.8. The molecule has 1 aliphatic heterocycles. The van der Waals surface area contributed by atoms with Crippen LogP contribution in [-0.4, -0.2) is 348 Å². The molecule has 1 heterocycles. The van der Waals surface area contributed by atoms with Gasteiger partial charge in [0.15, 0.2) is 25.2 Å². The molecule has 0 aromatic heterocycles. The lowest BCUT2D eigenvalue weighted by atomic mass is 9.97. The van der Waals surface area contributed by atoms with Crippen LogP contribution in [0.5, 0.6) is 0 Å². The lowest BCUT2D eigenvalue weighted by molar-refractivity contribution is -0.270. The Balaban J connectivity index is 3.27. The molecule has 25 N–H and O–H groups in total. The standard InChI is InChI=1S/C74H138N12O31/c1-44(94)57(39-90)114-71(54(36-87)80-47(4)97)110-32-18-11-25-61(101)76-29-15-8-22-51(84-63(103)27-13-20-34-112-73(56(38-89)82-49(6)99)116-59(41-92)46(3)96)68(107)78-31-17-10-23-52(69(108)79-43-75)86-70(109)53(85-64(104)28-14-21-35-113-74-65(83-50(7)100)67(106)66(105)60(42-93)117-74)24-9-16-30-77-62(102)26-12-19-33-111-72(55(37-88)81-48(5)98)115-58(40-91)45(2)95/h44-46,51-60,65-67,71-74,87-96,105-106H,8-43,75H2,1-7H3,(H,76,101)(H,77,102)(H,78,107)(H,79,108)(H,80,97)(H,81,98)(H,82,99)(H,83,100)(H,84,103)(H,85,104)(H,86,109)/t44-,45-,46-,51?,52?,53?,54+,55+,56+,57?,58?,59?,60?,65?,66?,67?,71?,72?,73?,74?/m1/s1. The van der Waals surface area contributed by atoms with E-state index in [2.05, 4.69) is 58.5 Å². The van der Waals surface area contributed by atoms with Gasteiger partial charge in [-0.3, -0.25) is 52.7 Å². The van der Waals surface area contributed by atoms with Gasteiger partial charge < -0.3 is 163 Å². The van der Waals surface area contributed by atoms with Crippen LogP contribution in [0.2, 0.25) is 0 Å². The molecule has 0 bridgehead atoms. The number of rotatable bonds is 69. The van der Waals surface area contributed by atoms with Crippen LogP contribution in [0.25, 0.3) is 0 Å². The van der Waals surface area contributed by atoms with E-state index in [4.69, 9.17) is 43.6 Å². The minimum absolute atomic E-state index is 0.000340. The fourth-order valence-electron chi connectivity index (χ4n) is 11.8. The van der Waals surface area contributed by atoms with E-state index >= 15 is 0 Å². The van der Waals surface area contributed by atoms with E-state index in [0.29, 0.717) is 44.9 Å². The molecule has 1 rings (SSSR count). The maximum absolute atomic E-state index is 14.3. The molecule has 20 atom stereocenters. The number of unbranched alkanes of at least 4 members (excludes halogenated alkanes) is 7. The number of aliphatic hydroxyl groups is 12. The molecule has 1 aliphatic rings. The Bertz CT molecular complexity index is 2810. The van der Waals surface area contributed by atoms with Gasteiger partial charge in [0.2, 0.25) is 65.0 Å². The summed E-state index contributed by atoms with van der Waals surface area (Å²) in [6.45, 7) is 4.69. The lowest BCUT2D eigenvalue weighted by Gasteiger charge is -2.42. The molecule has 117 heavy (non-hydrogen) atoms. The van der Waals surface area contributed by atoms with E-state index in [1.165, 1.54) is 48.5 Å². The molecule has 0 spiro atoms. The van der Waals surface area contributed by atoms with E-state index in [1.807, 2.05) is 0 Å². The van der Waals surface area contributed by atoms with Crippen LogP contribution < -0.4 is 64.2 Å². The van der Waals surface area contributed by atoms with Crippen molar-refractivity contribution in [3.8, 4) is 0 Å². The molecular formula is C74H138N12O31. The van der Waals surface area contributed by atoms with E-state index in [0.717, 1.165) is 0 Å². The summed E-state index contributed by atoms with van der Waals surface area (Å²) in [5.74, 6) is -5.75. The largest absolute Gasteiger partial charge is 0.394 e. The van der Waals surface area contributed by atoms with Gasteiger partial charge in [0.25, 0.3) is 0 Å². The zero-order valence-electron chi connectivity index (χ0n) is 68.7. The third kappa shape index (κ3) is 47.8. The fourth-order valence-corrected chi connectivity index (χ4v) is 11.8. The number of nitrogens with one attached hydrogen (secondary N) is 11. The average molecular weight is 1690 g/mol. The highest BCUT2D eigenvalue weighted by Gasteiger charge is 2.45. The highest BCUT2D eigenvalue weighted by atomic mass is 16.7. The number of carbonyl (C=O) groups is 11. The smallest absolute Gasteiger partial charge is 0.243 e. The first kappa shape index (κ1) is 108. The van der Waals surface area contributed by atoms with Gasteiger partial charge in [-0.1, -0.05) is 0 Å². The molecule has 43 nitrogen and oxygen atoms in total. The van der Waals surface area contributed by atoms with Crippen molar-refractivity contribution in [2.45, 2.75) is 306 Å². The van der Waals surface area contributed by atoms with Crippen LogP contribution in [0.1, 0.15) is 183 Å². The van der Waals surface area contributed by atoms with Crippen molar-refractivity contribution in [1.82, 2.24) is 58.5 Å². The van der Waals surface area contributed by atoms with Crippen molar-refractivity contribution in [2.24, 2.45) is 5.73 Å². The second-order valence-corrected chi connectivity index (χ2v) is 28.6. The Hall–Kier alpha value is -6.67. The number of carbonyl (C=O) groups excluding carboxylic acids is 11. The first-order valence-electron chi connectivity index (χ1n) is 40.3. The Labute approximate surface area is 683 Å². The average Bonchev–Trinajstić information content (AvgIpc) is 0.806. The van der Waals surface area contributed by atoms with Crippen molar-refractivity contribution in [3.05, 3.63) is 0 Å². The number of aliphatic hydroxyl groups excluding tert-OH is 12. The highest BCUT2D eigenvalue weighted by Crippen LogP contribution is 2.24. The first-order valence-corrected chi connectivity index (χ1v) is 40.3. The summed E-state index contributed by atoms with van der Waals surface area (Å²) in [6, 6.07) is -7.89. The van der Waals surface area contributed by atoms with Crippen LogP contribution in [0.4, 0.5) is 0 Å². The lowest BCUT2D eigenvalue weighted by Crippen LogP contribution is -2.64. The summed E-state index contributed by atoms with van der Waals surface area (Å²) >= 11 is 0. The minimum Gasteiger partial charge on any atom is -0.394 e. The maximum Gasteiger partial charge on any atom is 0.243 e. The van der Waals surface area contributed by atoms with E-state index in [-0.39, 0.29) is 154 Å². The predicted molar refractivity (Wildman–Crippen MR) is 415 cm³/mol. The number of nitrogens with two attached hydrogens (primary N) is 1. The quantitative estimate of drug-likeness (QED) is 0.0199. The van der Waals surface area contributed by atoms with E-state index in [1.54, 1.807) is 0 Å². The Morgan fingerprint density at radius 1 is 0.385 bits per heavy atom. The molecule has 1 fully saturated rings. The van der Waals surface area contributed by atoms with Crippen molar-refractivity contribution >= 4 is 65.0 Å². The summed E-state index contributed by atoms with van der Waals surface area (Å²) in [6.07, 6.45) is -12.2. The van der Waals surface area contributed by atoms with Gasteiger partial charge in [-0.15, -0.1) is 0 Å². The monoisotopic (exact) mass is 1690 g/mol. The van der Waals surface area contributed by atoms with Gasteiger partial charge in [-0.05, 0) is 130 Å². The second-order valence-electron chi connectivity index (χ2n) is 28.6. The SMILES string of the molecule is CC(=O)NC1C(OCCCCC(=O)NC(CCCCNC(=O)CCCCOC(OC(CO)[C@@H](C)O)[C@H](CO)NC(C)=O)C(=O)NC(CCCCNC(=O)C(CCCCNC(=O)CCCCOC(OC(CO)[C@@H](C)O)[C@H](CO)NC(C)=O)NC(=O)CCCCOC(OC(CO)[C@@H](C)O)[C@H](CO)NC(C)=O)C(=O)NCN)OC(CO)C(O)C1O. The van der Waals surface area contributed by atoms with Crippen molar-refractivity contribution in [2.75, 3.05) is 99.0 Å². The number of hydrogen-bond donors (Lipinski definition) is 24. The molecule has 0 aromatic carbocycles.